The average molecular weight is 235 g/mol. The monoisotopic (exact) mass is 235 g/mol. The Hall–Kier alpha value is -2.04. The molecule has 0 unspecified atom stereocenters. The summed E-state index contributed by atoms with van der Waals surface area (Å²) in [5, 5.41) is 0. The van der Waals surface area contributed by atoms with E-state index in [1.165, 1.54) is 7.11 Å². The van der Waals surface area contributed by atoms with E-state index < -0.39 is 0 Å². The molecule has 2 rings (SSSR count). The first kappa shape index (κ1) is 11.4. The Kier molecular flexibility index (Phi) is 2.99. The van der Waals surface area contributed by atoms with Crippen LogP contribution < -0.4 is 14.4 Å². The van der Waals surface area contributed by atoms with E-state index in [9.17, 15) is 9.59 Å². The fraction of sp³-hybridized carbons (Fsp3) is 0.333. The highest BCUT2D eigenvalue weighted by molar-refractivity contribution is 5.99. The predicted molar refractivity (Wildman–Crippen MR) is 61.9 cm³/mol. The van der Waals surface area contributed by atoms with Crippen LogP contribution in [0.2, 0.25) is 0 Å². The highest BCUT2D eigenvalue weighted by Crippen LogP contribution is 2.40. The zero-order valence-electron chi connectivity index (χ0n) is 9.73. The molecule has 0 spiro atoms. The zero-order chi connectivity index (χ0) is 12.4. The van der Waals surface area contributed by atoms with Gasteiger partial charge in [0.2, 0.25) is 0 Å². The molecule has 90 valence electrons. The van der Waals surface area contributed by atoms with E-state index in [0.717, 1.165) is 6.29 Å². The van der Waals surface area contributed by atoms with Crippen LogP contribution in [0.3, 0.4) is 0 Å². The molecular weight excluding hydrogens is 222 g/mol. The first-order chi connectivity index (χ1) is 8.21. The minimum Gasteiger partial charge on any atom is -0.493 e. The molecule has 0 atom stereocenters. The lowest BCUT2D eigenvalue weighted by Gasteiger charge is -2.29. The molecule has 5 heteroatoms. The third-order valence-electron chi connectivity index (χ3n) is 2.66. The number of ether oxygens (including phenoxy) is 2. The van der Waals surface area contributed by atoms with E-state index in [4.69, 9.17) is 9.47 Å². The Morgan fingerprint density at radius 2 is 2.29 bits per heavy atom. The Morgan fingerprint density at radius 1 is 1.53 bits per heavy atom. The van der Waals surface area contributed by atoms with Crippen molar-refractivity contribution in [2.24, 2.45) is 0 Å². The summed E-state index contributed by atoms with van der Waals surface area (Å²) in [6, 6.07) is 3.22. The van der Waals surface area contributed by atoms with Gasteiger partial charge < -0.3 is 14.4 Å². The van der Waals surface area contributed by atoms with Crippen LogP contribution in [-0.4, -0.2) is 32.5 Å². The maximum absolute atomic E-state index is 11.7. The van der Waals surface area contributed by atoms with E-state index in [2.05, 4.69) is 0 Å². The van der Waals surface area contributed by atoms with Crippen molar-refractivity contribution in [1.82, 2.24) is 0 Å². The topological polar surface area (TPSA) is 55.8 Å². The van der Waals surface area contributed by atoms with Crippen molar-refractivity contribution in [3.63, 3.8) is 0 Å². The lowest BCUT2D eigenvalue weighted by atomic mass is 10.1. The Bertz CT molecular complexity index is 470. The molecule has 1 amide bonds. The quantitative estimate of drug-likeness (QED) is 0.740. The molecule has 0 aromatic heterocycles. The average Bonchev–Trinajstić information content (AvgIpc) is 2.37. The van der Waals surface area contributed by atoms with Crippen molar-refractivity contribution in [3.05, 3.63) is 17.7 Å². The number of fused-ring (bicyclic) bond motifs is 1. The van der Waals surface area contributed by atoms with Crippen molar-refractivity contribution in [3.8, 4) is 11.5 Å². The molecule has 0 saturated heterocycles. The lowest BCUT2D eigenvalue weighted by molar-refractivity contribution is -0.121. The van der Waals surface area contributed by atoms with Crippen molar-refractivity contribution in [2.75, 3.05) is 25.2 Å². The van der Waals surface area contributed by atoms with Gasteiger partial charge in [-0.15, -0.1) is 0 Å². The third-order valence-corrected chi connectivity index (χ3v) is 2.66. The maximum Gasteiger partial charge on any atom is 0.265 e. The van der Waals surface area contributed by atoms with Crippen molar-refractivity contribution in [2.45, 2.75) is 6.92 Å². The van der Waals surface area contributed by atoms with E-state index in [1.54, 1.807) is 17.0 Å². The van der Waals surface area contributed by atoms with Crippen LogP contribution in [0.25, 0.3) is 0 Å². The first-order valence-corrected chi connectivity index (χ1v) is 5.31. The van der Waals surface area contributed by atoms with Crippen molar-refractivity contribution in [1.29, 1.82) is 0 Å². The van der Waals surface area contributed by atoms with Gasteiger partial charge in [-0.1, -0.05) is 0 Å². The number of methoxy groups -OCH3 is 1. The molecule has 1 aromatic carbocycles. The van der Waals surface area contributed by atoms with Crippen molar-refractivity contribution >= 4 is 17.9 Å². The second-order valence-electron chi connectivity index (χ2n) is 3.62. The summed E-state index contributed by atoms with van der Waals surface area (Å²) < 4.78 is 10.5. The number of benzene rings is 1. The molecule has 1 aliphatic heterocycles. The zero-order valence-corrected chi connectivity index (χ0v) is 9.73. The minimum absolute atomic E-state index is 0.00235. The molecule has 1 heterocycles. The largest absolute Gasteiger partial charge is 0.493 e. The van der Waals surface area contributed by atoms with Gasteiger partial charge in [0.05, 0.1) is 12.8 Å². The number of carbonyl (C=O) groups is 2. The first-order valence-electron chi connectivity index (χ1n) is 5.31. The molecule has 0 radical (unpaired) electrons. The molecule has 0 fully saturated rings. The number of nitrogens with zero attached hydrogens (tertiary/aromatic N) is 1. The highest BCUT2D eigenvalue weighted by atomic mass is 16.5. The number of hydrogen-bond acceptors (Lipinski definition) is 4. The van der Waals surface area contributed by atoms with Gasteiger partial charge in [-0.05, 0) is 19.1 Å². The van der Waals surface area contributed by atoms with E-state index in [1.807, 2.05) is 6.92 Å². The molecule has 0 bridgehead atoms. The summed E-state index contributed by atoms with van der Waals surface area (Å²) in [5.41, 5.74) is 1.04. The SMILES string of the molecule is CCN1C(=O)COc2c(OC)cc(C=O)cc21. The Balaban J connectivity index is 2.60. The van der Waals surface area contributed by atoms with Crippen molar-refractivity contribution < 1.29 is 19.1 Å². The number of carbonyl (C=O) groups excluding carboxylic acids is 2. The molecule has 17 heavy (non-hydrogen) atoms. The number of rotatable bonds is 3. The molecule has 5 nitrogen and oxygen atoms in total. The summed E-state index contributed by atoms with van der Waals surface area (Å²) in [7, 11) is 1.50. The second kappa shape index (κ2) is 4.45. The third kappa shape index (κ3) is 1.84. The number of anilines is 1. The number of hydrogen-bond donors (Lipinski definition) is 0. The smallest absolute Gasteiger partial charge is 0.265 e. The Morgan fingerprint density at radius 3 is 2.88 bits per heavy atom. The minimum atomic E-state index is -0.120. The fourth-order valence-corrected chi connectivity index (χ4v) is 1.87. The van der Waals surface area contributed by atoms with Crippen LogP contribution in [0.4, 0.5) is 5.69 Å². The van der Waals surface area contributed by atoms with Gasteiger partial charge in [0.1, 0.15) is 6.29 Å². The fourth-order valence-electron chi connectivity index (χ4n) is 1.87. The van der Waals surface area contributed by atoms with Crippen LogP contribution in [0.15, 0.2) is 12.1 Å². The van der Waals surface area contributed by atoms with Crippen LogP contribution in [0.1, 0.15) is 17.3 Å². The molecule has 1 aliphatic rings. The number of aldehydes is 1. The number of amides is 1. The Labute approximate surface area is 98.9 Å². The van der Waals surface area contributed by atoms with E-state index in [-0.39, 0.29) is 12.5 Å². The van der Waals surface area contributed by atoms with Gasteiger partial charge in [-0.3, -0.25) is 9.59 Å². The summed E-state index contributed by atoms with van der Waals surface area (Å²) >= 11 is 0. The standard InChI is InChI=1S/C12H13NO4/c1-3-13-9-4-8(6-14)5-10(16-2)12(9)17-7-11(13)15/h4-6H,3,7H2,1-2H3. The second-order valence-corrected chi connectivity index (χ2v) is 3.62. The lowest BCUT2D eigenvalue weighted by Crippen LogP contribution is -2.38. The molecule has 0 N–H and O–H groups in total. The predicted octanol–water partition coefficient (Wildman–Crippen LogP) is 1.25. The van der Waals surface area contributed by atoms with Gasteiger partial charge in [-0.25, -0.2) is 0 Å². The normalized spacial score (nSPS) is 14.0. The summed E-state index contributed by atoms with van der Waals surface area (Å²) in [6.07, 6.45) is 0.718. The summed E-state index contributed by atoms with van der Waals surface area (Å²) in [4.78, 5) is 24.1. The molecule has 0 saturated carbocycles. The van der Waals surface area contributed by atoms with Crippen LogP contribution in [-0.2, 0) is 4.79 Å². The van der Waals surface area contributed by atoms with Crippen LogP contribution in [0, 0.1) is 0 Å². The van der Waals surface area contributed by atoms with Crippen LogP contribution >= 0.6 is 0 Å². The summed E-state index contributed by atoms with van der Waals surface area (Å²) in [5.74, 6) is 0.861. The molecular formula is C12H13NO4. The van der Waals surface area contributed by atoms with Gasteiger partial charge in [0.25, 0.3) is 5.91 Å². The van der Waals surface area contributed by atoms with Gasteiger partial charge in [0, 0.05) is 12.1 Å². The maximum atomic E-state index is 11.7. The van der Waals surface area contributed by atoms with Gasteiger partial charge in [-0.2, -0.15) is 0 Å². The number of likely N-dealkylation sites (N-methyl/N-ethyl adjacent to an activating group) is 1. The molecule has 1 aromatic rings. The molecule has 0 aliphatic carbocycles. The summed E-state index contributed by atoms with van der Waals surface area (Å²) in [6.45, 7) is 2.39. The van der Waals surface area contributed by atoms with Gasteiger partial charge in [0.15, 0.2) is 18.1 Å². The van der Waals surface area contributed by atoms with Gasteiger partial charge >= 0.3 is 0 Å². The van der Waals surface area contributed by atoms with E-state index in [0.29, 0.717) is 29.3 Å². The highest BCUT2D eigenvalue weighted by Gasteiger charge is 2.27. The van der Waals surface area contributed by atoms with Crippen LogP contribution in [0.5, 0.6) is 11.5 Å². The van der Waals surface area contributed by atoms with E-state index >= 15 is 0 Å².